The number of nitrogens with zero attached hydrogens (tertiary/aromatic N) is 3. The summed E-state index contributed by atoms with van der Waals surface area (Å²) in [5.41, 5.74) is 0.865. The zero-order valence-electron chi connectivity index (χ0n) is 8.49. The summed E-state index contributed by atoms with van der Waals surface area (Å²) in [6, 6.07) is 8.08. The SMILES string of the molecule is N#Cc1cc(Cn2nc(Br)cc2Br)ccc1F. The van der Waals surface area contributed by atoms with Crippen LogP contribution in [0.3, 0.4) is 0 Å². The maximum Gasteiger partial charge on any atom is 0.140 e. The third kappa shape index (κ3) is 2.73. The van der Waals surface area contributed by atoms with Crippen LogP contribution < -0.4 is 0 Å². The molecule has 0 aliphatic carbocycles. The molecule has 0 fully saturated rings. The van der Waals surface area contributed by atoms with Gasteiger partial charge < -0.3 is 0 Å². The molecule has 0 saturated heterocycles. The number of rotatable bonds is 2. The summed E-state index contributed by atoms with van der Waals surface area (Å²) >= 11 is 6.62. The van der Waals surface area contributed by atoms with Crippen molar-refractivity contribution in [2.24, 2.45) is 0 Å². The first-order chi connectivity index (χ1) is 8.10. The molecule has 2 aromatic rings. The van der Waals surface area contributed by atoms with Crippen LogP contribution in [0.25, 0.3) is 0 Å². The highest BCUT2D eigenvalue weighted by molar-refractivity contribution is 9.11. The molecule has 0 radical (unpaired) electrons. The van der Waals surface area contributed by atoms with Gasteiger partial charge in [-0.1, -0.05) is 6.07 Å². The molecule has 0 spiro atoms. The average molecular weight is 359 g/mol. The number of halogens is 3. The third-order valence-corrected chi connectivity index (χ3v) is 3.21. The summed E-state index contributed by atoms with van der Waals surface area (Å²) in [6.45, 7) is 0.473. The first-order valence-corrected chi connectivity index (χ1v) is 6.26. The lowest BCUT2D eigenvalue weighted by atomic mass is 10.1. The first kappa shape index (κ1) is 12.3. The quantitative estimate of drug-likeness (QED) is 0.824. The second kappa shape index (κ2) is 4.98. The summed E-state index contributed by atoms with van der Waals surface area (Å²) in [5.74, 6) is -0.503. The van der Waals surface area contributed by atoms with E-state index in [2.05, 4.69) is 37.0 Å². The molecule has 0 saturated carbocycles. The Labute approximate surface area is 114 Å². The highest BCUT2D eigenvalue weighted by Gasteiger charge is 2.07. The van der Waals surface area contributed by atoms with E-state index in [0.717, 1.165) is 10.2 Å². The van der Waals surface area contributed by atoms with Crippen molar-refractivity contribution in [3.63, 3.8) is 0 Å². The lowest BCUT2D eigenvalue weighted by Gasteiger charge is -2.04. The number of hydrogen-bond donors (Lipinski definition) is 0. The predicted octanol–water partition coefficient (Wildman–Crippen LogP) is 3.47. The summed E-state index contributed by atoms with van der Waals surface area (Å²) in [4.78, 5) is 0. The molecule has 6 heteroatoms. The fourth-order valence-corrected chi connectivity index (χ4v) is 2.54. The molecule has 1 heterocycles. The van der Waals surface area contributed by atoms with Crippen molar-refractivity contribution in [3.8, 4) is 6.07 Å². The molecule has 0 amide bonds. The maximum absolute atomic E-state index is 13.1. The van der Waals surface area contributed by atoms with Gasteiger partial charge in [0.25, 0.3) is 0 Å². The van der Waals surface area contributed by atoms with E-state index < -0.39 is 5.82 Å². The summed E-state index contributed by atoms with van der Waals surface area (Å²) in [7, 11) is 0. The molecule has 0 unspecified atom stereocenters. The standard InChI is InChI=1S/C11H6Br2FN3/c12-10-4-11(13)17(16-10)6-7-1-2-9(14)8(3-7)5-15/h1-4H,6H2. The minimum Gasteiger partial charge on any atom is -0.253 e. The van der Waals surface area contributed by atoms with E-state index in [1.54, 1.807) is 10.7 Å². The van der Waals surface area contributed by atoms with Crippen LogP contribution in [-0.4, -0.2) is 9.78 Å². The lowest BCUT2D eigenvalue weighted by molar-refractivity contribution is 0.619. The van der Waals surface area contributed by atoms with E-state index in [-0.39, 0.29) is 5.56 Å². The Bertz CT molecular complexity index is 601. The van der Waals surface area contributed by atoms with Gasteiger partial charge in [-0.2, -0.15) is 10.4 Å². The number of benzene rings is 1. The topological polar surface area (TPSA) is 41.6 Å². The first-order valence-electron chi connectivity index (χ1n) is 4.67. The second-order valence-electron chi connectivity index (χ2n) is 3.37. The summed E-state index contributed by atoms with van der Waals surface area (Å²) < 4.78 is 16.4. The number of nitriles is 1. The van der Waals surface area contributed by atoms with E-state index in [9.17, 15) is 4.39 Å². The molecule has 0 bridgehead atoms. The van der Waals surface area contributed by atoms with Crippen molar-refractivity contribution in [2.75, 3.05) is 0 Å². The molecular formula is C11H6Br2FN3. The Kier molecular flexibility index (Phi) is 3.60. The lowest BCUT2D eigenvalue weighted by Crippen LogP contribution is -2.02. The van der Waals surface area contributed by atoms with Gasteiger partial charge in [-0.25, -0.2) is 4.39 Å². The van der Waals surface area contributed by atoms with Gasteiger partial charge in [-0.3, -0.25) is 4.68 Å². The van der Waals surface area contributed by atoms with Crippen LogP contribution in [0.4, 0.5) is 4.39 Å². The molecule has 86 valence electrons. The molecule has 2 rings (SSSR count). The van der Waals surface area contributed by atoms with E-state index in [4.69, 9.17) is 5.26 Å². The molecule has 0 aliphatic rings. The van der Waals surface area contributed by atoms with Gasteiger partial charge in [-0.15, -0.1) is 0 Å². The highest BCUT2D eigenvalue weighted by Crippen LogP contribution is 2.18. The van der Waals surface area contributed by atoms with Gasteiger partial charge in [0.1, 0.15) is 21.1 Å². The monoisotopic (exact) mass is 357 g/mol. The van der Waals surface area contributed by atoms with Crippen LogP contribution in [0.5, 0.6) is 0 Å². The van der Waals surface area contributed by atoms with E-state index in [1.807, 2.05) is 12.1 Å². The van der Waals surface area contributed by atoms with Crippen molar-refractivity contribution in [1.82, 2.24) is 9.78 Å². The van der Waals surface area contributed by atoms with Crippen LogP contribution in [0.1, 0.15) is 11.1 Å². The van der Waals surface area contributed by atoms with E-state index >= 15 is 0 Å². The van der Waals surface area contributed by atoms with Gasteiger partial charge in [0.05, 0.1) is 12.1 Å². The maximum atomic E-state index is 13.1. The van der Waals surface area contributed by atoms with E-state index in [1.165, 1.54) is 12.1 Å². The van der Waals surface area contributed by atoms with Crippen LogP contribution >= 0.6 is 31.9 Å². The van der Waals surface area contributed by atoms with Crippen molar-refractivity contribution in [2.45, 2.75) is 6.54 Å². The summed E-state index contributed by atoms with van der Waals surface area (Å²) in [6.07, 6.45) is 0. The van der Waals surface area contributed by atoms with Crippen LogP contribution in [-0.2, 0) is 6.54 Å². The molecular weight excluding hydrogens is 353 g/mol. The van der Waals surface area contributed by atoms with Crippen molar-refractivity contribution in [3.05, 3.63) is 50.4 Å². The average Bonchev–Trinajstić information content (AvgIpc) is 2.60. The zero-order valence-corrected chi connectivity index (χ0v) is 11.7. The smallest absolute Gasteiger partial charge is 0.140 e. The van der Waals surface area contributed by atoms with Gasteiger partial charge in [0.15, 0.2) is 0 Å². The largest absolute Gasteiger partial charge is 0.253 e. The Morgan fingerprint density at radius 1 is 1.35 bits per heavy atom. The van der Waals surface area contributed by atoms with Gasteiger partial charge in [0.2, 0.25) is 0 Å². The van der Waals surface area contributed by atoms with Gasteiger partial charge >= 0.3 is 0 Å². The molecule has 1 aromatic heterocycles. The Hall–Kier alpha value is -1.19. The molecule has 1 aromatic carbocycles. The van der Waals surface area contributed by atoms with Crippen molar-refractivity contribution < 1.29 is 4.39 Å². The third-order valence-electron chi connectivity index (χ3n) is 2.18. The van der Waals surface area contributed by atoms with E-state index in [0.29, 0.717) is 11.1 Å². The van der Waals surface area contributed by atoms with Crippen LogP contribution in [0.2, 0.25) is 0 Å². The molecule has 0 N–H and O–H groups in total. The highest BCUT2D eigenvalue weighted by atomic mass is 79.9. The van der Waals surface area contributed by atoms with Crippen LogP contribution in [0.15, 0.2) is 33.5 Å². The van der Waals surface area contributed by atoms with Gasteiger partial charge in [-0.05, 0) is 49.6 Å². The minimum absolute atomic E-state index is 0.0462. The molecule has 0 atom stereocenters. The Balaban J connectivity index is 2.31. The minimum atomic E-state index is -0.503. The van der Waals surface area contributed by atoms with Crippen molar-refractivity contribution >= 4 is 31.9 Å². The molecule has 0 aliphatic heterocycles. The van der Waals surface area contributed by atoms with Crippen molar-refractivity contribution in [1.29, 1.82) is 5.26 Å². The Morgan fingerprint density at radius 3 is 2.71 bits per heavy atom. The summed E-state index contributed by atoms with van der Waals surface area (Å²) in [5, 5.41) is 12.9. The van der Waals surface area contributed by atoms with Gasteiger partial charge in [0, 0.05) is 6.07 Å². The number of hydrogen-bond acceptors (Lipinski definition) is 2. The second-order valence-corrected chi connectivity index (χ2v) is 5.00. The molecule has 3 nitrogen and oxygen atoms in total. The molecule has 17 heavy (non-hydrogen) atoms. The number of aromatic nitrogens is 2. The predicted molar refractivity (Wildman–Crippen MR) is 67.8 cm³/mol. The fourth-order valence-electron chi connectivity index (χ4n) is 1.41. The Morgan fingerprint density at radius 2 is 2.12 bits per heavy atom. The fraction of sp³-hybridized carbons (Fsp3) is 0.0909. The normalized spacial score (nSPS) is 10.2. The van der Waals surface area contributed by atoms with Crippen LogP contribution in [0, 0.1) is 17.1 Å². The zero-order chi connectivity index (χ0) is 12.4.